The molecule has 0 radical (unpaired) electrons. The second-order valence-electron chi connectivity index (χ2n) is 6.11. The van der Waals surface area contributed by atoms with Crippen molar-refractivity contribution >= 4 is 40.7 Å². The molecule has 0 bridgehead atoms. The van der Waals surface area contributed by atoms with Crippen LogP contribution in [0.1, 0.15) is 5.56 Å². The number of piperazine rings is 1. The van der Waals surface area contributed by atoms with Gasteiger partial charge in [0.1, 0.15) is 23.7 Å². The maximum atomic E-state index is 12.7. The highest BCUT2D eigenvalue weighted by atomic mass is 35.5. The quantitative estimate of drug-likeness (QED) is 0.756. The Hall–Kier alpha value is -2.39. The number of nitrogens with zero attached hydrogens (tertiary/aromatic N) is 4. The number of nitrogens with one attached hydrogen (secondary N) is 1. The summed E-state index contributed by atoms with van der Waals surface area (Å²) in [4.78, 5) is 23.7. The molecule has 150 valence electrons. The summed E-state index contributed by atoms with van der Waals surface area (Å²) in [5.41, 5.74) is 0.354. The zero-order valence-electron chi connectivity index (χ0n) is 14.8. The molecule has 1 aromatic heterocycles. The van der Waals surface area contributed by atoms with Crippen LogP contribution in [0, 0.1) is 0 Å². The van der Waals surface area contributed by atoms with E-state index in [4.69, 9.17) is 23.2 Å². The van der Waals surface area contributed by atoms with E-state index in [2.05, 4.69) is 20.0 Å². The van der Waals surface area contributed by atoms with E-state index in [9.17, 15) is 13.6 Å². The molecule has 0 aliphatic carbocycles. The molecule has 1 N–H and O–H groups in total. The molecule has 1 fully saturated rings. The smallest absolute Gasteiger partial charge is 0.387 e. The van der Waals surface area contributed by atoms with Gasteiger partial charge in [-0.05, 0) is 12.1 Å². The summed E-state index contributed by atoms with van der Waals surface area (Å²) in [5, 5.41) is 3.30. The summed E-state index contributed by atoms with van der Waals surface area (Å²) in [6.45, 7) is -1.45. The molecule has 28 heavy (non-hydrogen) atoms. The molecule has 7 nitrogen and oxygen atoms in total. The summed E-state index contributed by atoms with van der Waals surface area (Å²) in [7, 11) is 1.75. The number of carbonyl (C=O) groups excluding carboxylic acids is 1. The van der Waals surface area contributed by atoms with E-state index < -0.39 is 6.61 Å². The predicted molar refractivity (Wildman–Crippen MR) is 102 cm³/mol. The van der Waals surface area contributed by atoms with Crippen LogP contribution in [-0.2, 0) is 11.3 Å². The van der Waals surface area contributed by atoms with Crippen molar-refractivity contribution in [3.05, 3.63) is 40.1 Å². The minimum atomic E-state index is -3.02. The van der Waals surface area contributed by atoms with E-state index >= 15 is 0 Å². The molecule has 3 rings (SSSR count). The van der Waals surface area contributed by atoms with Crippen molar-refractivity contribution in [2.45, 2.75) is 13.2 Å². The maximum Gasteiger partial charge on any atom is 0.387 e. The van der Waals surface area contributed by atoms with Crippen molar-refractivity contribution < 1.29 is 18.3 Å². The first-order chi connectivity index (χ1) is 13.3. The average Bonchev–Trinajstić information content (AvgIpc) is 2.64. The first kappa shape index (κ1) is 20.3. The van der Waals surface area contributed by atoms with Gasteiger partial charge in [0.2, 0.25) is 5.91 Å². The summed E-state index contributed by atoms with van der Waals surface area (Å²) >= 11 is 11.9. The number of amides is 1. The van der Waals surface area contributed by atoms with Gasteiger partial charge < -0.3 is 19.9 Å². The molecular weight excluding hydrogens is 415 g/mol. The predicted octanol–water partition coefficient (Wildman–Crippen LogP) is 3.28. The van der Waals surface area contributed by atoms with Crippen molar-refractivity contribution in [3.63, 3.8) is 0 Å². The van der Waals surface area contributed by atoms with Gasteiger partial charge in [0, 0.05) is 43.3 Å². The standard InChI is InChI=1S/C17H17Cl2F2N5O2/c1-25-2-3-26(8-15(25)27)14-6-13(23-9-24-14)22-7-10-4-11(18)5-12(19)16(10)28-17(20)21/h4-6,9,17H,2-3,7-8H2,1H3,(H,22,23,24). The van der Waals surface area contributed by atoms with Crippen LogP contribution in [0.25, 0.3) is 0 Å². The van der Waals surface area contributed by atoms with Crippen molar-refractivity contribution in [1.82, 2.24) is 14.9 Å². The van der Waals surface area contributed by atoms with Gasteiger partial charge in [-0.3, -0.25) is 4.79 Å². The number of hydrogen-bond acceptors (Lipinski definition) is 6. The van der Waals surface area contributed by atoms with E-state index in [1.807, 2.05) is 4.90 Å². The minimum absolute atomic E-state index is 0.00160. The Labute approximate surface area is 170 Å². The van der Waals surface area contributed by atoms with Crippen LogP contribution in [0.15, 0.2) is 24.5 Å². The SMILES string of the molecule is CN1CCN(c2cc(NCc3cc(Cl)cc(Cl)c3OC(F)F)ncn2)CC1=O. The number of carbonyl (C=O) groups is 1. The molecular formula is C17H17Cl2F2N5O2. The van der Waals surface area contributed by atoms with Gasteiger partial charge >= 0.3 is 6.61 Å². The fourth-order valence-electron chi connectivity index (χ4n) is 2.72. The molecule has 1 saturated heterocycles. The Morgan fingerprint density at radius 3 is 2.75 bits per heavy atom. The van der Waals surface area contributed by atoms with E-state index in [0.717, 1.165) is 0 Å². The van der Waals surface area contributed by atoms with Crippen molar-refractivity contribution in [1.29, 1.82) is 0 Å². The maximum absolute atomic E-state index is 12.7. The lowest BCUT2D eigenvalue weighted by atomic mass is 10.2. The number of alkyl halides is 2. The van der Waals surface area contributed by atoms with E-state index in [1.165, 1.54) is 18.5 Å². The van der Waals surface area contributed by atoms with Gasteiger partial charge in [-0.1, -0.05) is 23.2 Å². The summed E-state index contributed by atoms with van der Waals surface area (Å²) in [6.07, 6.45) is 1.36. The van der Waals surface area contributed by atoms with Crippen LogP contribution in [0.4, 0.5) is 20.4 Å². The van der Waals surface area contributed by atoms with Gasteiger partial charge in [-0.25, -0.2) is 9.97 Å². The van der Waals surface area contributed by atoms with Crippen LogP contribution < -0.4 is 15.0 Å². The Bertz CT molecular complexity index is 871. The highest BCUT2D eigenvalue weighted by molar-refractivity contribution is 6.35. The number of rotatable bonds is 6. The van der Waals surface area contributed by atoms with Crippen LogP contribution in [0.2, 0.25) is 10.0 Å². The monoisotopic (exact) mass is 431 g/mol. The number of benzene rings is 1. The van der Waals surface area contributed by atoms with Gasteiger partial charge in [0.25, 0.3) is 0 Å². The van der Waals surface area contributed by atoms with Crippen molar-refractivity contribution in [3.8, 4) is 5.75 Å². The lowest BCUT2D eigenvalue weighted by Gasteiger charge is -2.32. The second-order valence-corrected chi connectivity index (χ2v) is 6.95. The molecule has 0 saturated carbocycles. The first-order valence-electron chi connectivity index (χ1n) is 8.31. The fourth-order valence-corrected chi connectivity index (χ4v) is 3.30. The number of halogens is 4. The highest BCUT2D eigenvalue weighted by Gasteiger charge is 2.22. The minimum Gasteiger partial charge on any atom is -0.433 e. The average molecular weight is 432 g/mol. The van der Waals surface area contributed by atoms with Gasteiger partial charge in [-0.15, -0.1) is 0 Å². The zero-order valence-corrected chi connectivity index (χ0v) is 16.3. The molecule has 0 unspecified atom stereocenters. The lowest BCUT2D eigenvalue weighted by Crippen LogP contribution is -2.48. The van der Waals surface area contributed by atoms with Crippen LogP contribution in [0.5, 0.6) is 5.75 Å². The van der Waals surface area contributed by atoms with Crippen LogP contribution in [0.3, 0.4) is 0 Å². The number of anilines is 2. The highest BCUT2D eigenvalue weighted by Crippen LogP contribution is 2.34. The summed E-state index contributed by atoms with van der Waals surface area (Å²) < 4.78 is 29.9. The van der Waals surface area contributed by atoms with Crippen molar-refractivity contribution in [2.75, 3.05) is 36.9 Å². The van der Waals surface area contributed by atoms with E-state index in [1.54, 1.807) is 18.0 Å². The third-order valence-corrected chi connectivity index (χ3v) is 4.69. The third-order valence-electron chi connectivity index (χ3n) is 4.19. The summed E-state index contributed by atoms with van der Waals surface area (Å²) in [5.74, 6) is 0.900. The number of hydrogen-bond donors (Lipinski definition) is 1. The van der Waals surface area contributed by atoms with Crippen LogP contribution >= 0.6 is 23.2 Å². The largest absolute Gasteiger partial charge is 0.433 e. The topological polar surface area (TPSA) is 70.6 Å². The molecule has 1 aliphatic rings. The number of aromatic nitrogens is 2. The molecule has 11 heteroatoms. The Kier molecular flexibility index (Phi) is 6.35. The Morgan fingerprint density at radius 1 is 1.25 bits per heavy atom. The summed E-state index contributed by atoms with van der Waals surface area (Å²) in [6, 6.07) is 4.50. The second kappa shape index (κ2) is 8.74. The Balaban J connectivity index is 1.74. The molecule has 2 aromatic rings. The molecule has 0 atom stereocenters. The van der Waals surface area contributed by atoms with Gasteiger partial charge in [-0.2, -0.15) is 8.78 Å². The fraction of sp³-hybridized carbons (Fsp3) is 0.353. The molecule has 2 heterocycles. The molecule has 1 aromatic carbocycles. The first-order valence-corrected chi connectivity index (χ1v) is 9.06. The number of ether oxygens (including phenoxy) is 1. The molecule has 1 aliphatic heterocycles. The normalized spacial score (nSPS) is 14.6. The molecule has 1 amide bonds. The molecule has 0 spiro atoms. The van der Waals surface area contributed by atoms with E-state index in [0.29, 0.717) is 35.3 Å². The number of likely N-dealkylation sites (N-methyl/N-ethyl adjacent to an activating group) is 1. The van der Waals surface area contributed by atoms with Gasteiger partial charge in [0.05, 0.1) is 11.6 Å². The van der Waals surface area contributed by atoms with E-state index in [-0.39, 0.29) is 29.8 Å². The van der Waals surface area contributed by atoms with Gasteiger partial charge in [0.15, 0.2) is 0 Å². The van der Waals surface area contributed by atoms with Crippen LogP contribution in [-0.4, -0.2) is 54.1 Å². The Morgan fingerprint density at radius 2 is 2.04 bits per heavy atom. The third kappa shape index (κ3) is 4.90. The lowest BCUT2D eigenvalue weighted by molar-refractivity contribution is -0.129. The van der Waals surface area contributed by atoms with Crippen molar-refractivity contribution in [2.24, 2.45) is 0 Å². The zero-order chi connectivity index (χ0) is 20.3.